The number of hydrogen-bond donors (Lipinski definition) is 0. The Morgan fingerprint density at radius 2 is 1.04 bits per heavy atom. The van der Waals surface area contributed by atoms with Gasteiger partial charge in [0.1, 0.15) is 5.82 Å². The Morgan fingerprint density at radius 3 is 1.80 bits per heavy atom. The highest BCUT2D eigenvalue weighted by molar-refractivity contribution is 6.16. The second-order valence-corrected chi connectivity index (χ2v) is 13.5. The van der Waals surface area contributed by atoms with Gasteiger partial charge in [0.2, 0.25) is 0 Å². The van der Waals surface area contributed by atoms with Gasteiger partial charge in [0.25, 0.3) is 0 Å². The zero-order valence-corrected chi connectivity index (χ0v) is 27.0. The van der Waals surface area contributed by atoms with E-state index in [2.05, 4.69) is 175 Å². The van der Waals surface area contributed by atoms with Crippen LogP contribution in [-0.2, 0) is 12.5 Å². The van der Waals surface area contributed by atoms with Crippen LogP contribution in [0.25, 0.3) is 77.3 Å². The van der Waals surface area contributed by atoms with Gasteiger partial charge in [-0.05, 0) is 95.4 Å². The van der Waals surface area contributed by atoms with Crippen LogP contribution < -0.4 is 0 Å². The highest BCUT2D eigenvalue weighted by Crippen LogP contribution is 2.65. The average molecular weight is 623 g/mol. The quantitative estimate of drug-likeness (QED) is 0.188. The Bertz CT molecular complexity index is 2790. The molecule has 0 atom stereocenters. The molecule has 11 rings (SSSR count). The zero-order valence-electron chi connectivity index (χ0n) is 27.0. The lowest BCUT2D eigenvalue weighted by molar-refractivity contribution is 0.795. The van der Waals surface area contributed by atoms with Crippen molar-refractivity contribution in [1.29, 1.82) is 0 Å². The summed E-state index contributed by atoms with van der Waals surface area (Å²) < 4.78 is 2.19. The van der Waals surface area contributed by atoms with E-state index in [1.54, 1.807) is 0 Å². The van der Waals surface area contributed by atoms with E-state index in [0.29, 0.717) is 0 Å². The third-order valence-corrected chi connectivity index (χ3v) is 11.2. The summed E-state index contributed by atoms with van der Waals surface area (Å²) in [5.41, 5.74) is 16.1. The number of benzene rings is 8. The number of imidazole rings is 1. The standard InChI is InChI=1S/C47H30N2/c1-49-43-21-11-10-20-42(43)48-46(49)31-24-22-30(23-25-31)37-28-41-45(36-17-5-4-14-33(36)37)44-32-13-3-2-12-29(32)26-27-40(44)47(41)38-18-8-6-15-34(38)35-16-7-9-19-39(35)47/h2-28H,1H3. The first-order valence-electron chi connectivity index (χ1n) is 17.0. The van der Waals surface area contributed by atoms with Crippen LogP contribution in [0.4, 0.5) is 0 Å². The van der Waals surface area contributed by atoms with Crippen LogP contribution in [0, 0.1) is 0 Å². The van der Waals surface area contributed by atoms with Gasteiger partial charge >= 0.3 is 0 Å². The first kappa shape index (κ1) is 26.8. The summed E-state index contributed by atoms with van der Waals surface area (Å²) in [5, 5.41) is 5.15. The maximum absolute atomic E-state index is 4.98. The van der Waals surface area contributed by atoms with Crippen molar-refractivity contribution < 1.29 is 0 Å². The molecule has 0 saturated heterocycles. The van der Waals surface area contributed by atoms with E-state index in [0.717, 1.165) is 22.4 Å². The van der Waals surface area contributed by atoms with Gasteiger partial charge in [0.15, 0.2) is 0 Å². The van der Waals surface area contributed by atoms with Crippen molar-refractivity contribution in [2.75, 3.05) is 0 Å². The fourth-order valence-electron chi connectivity index (χ4n) is 9.20. The van der Waals surface area contributed by atoms with Gasteiger partial charge in [-0.25, -0.2) is 4.98 Å². The Morgan fingerprint density at radius 1 is 0.449 bits per heavy atom. The van der Waals surface area contributed by atoms with Crippen LogP contribution in [0.1, 0.15) is 22.3 Å². The van der Waals surface area contributed by atoms with Gasteiger partial charge in [-0.2, -0.15) is 0 Å². The van der Waals surface area contributed by atoms with Crippen molar-refractivity contribution in [3.05, 3.63) is 186 Å². The predicted octanol–water partition coefficient (Wildman–Crippen LogP) is 11.6. The van der Waals surface area contributed by atoms with Gasteiger partial charge in [-0.3, -0.25) is 0 Å². The minimum Gasteiger partial charge on any atom is -0.327 e. The fourth-order valence-corrected chi connectivity index (χ4v) is 9.20. The second kappa shape index (κ2) is 9.65. The summed E-state index contributed by atoms with van der Waals surface area (Å²) in [6.45, 7) is 0. The average Bonchev–Trinajstić information content (AvgIpc) is 3.78. The van der Waals surface area contributed by atoms with E-state index in [1.807, 2.05) is 0 Å². The van der Waals surface area contributed by atoms with Crippen LogP contribution in [0.2, 0.25) is 0 Å². The van der Waals surface area contributed by atoms with Gasteiger partial charge in [-0.1, -0.05) is 146 Å². The molecule has 0 radical (unpaired) electrons. The van der Waals surface area contributed by atoms with Crippen LogP contribution in [0.5, 0.6) is 0 Å². The van der Waals surface area contributed by atoms with E-state index >= 15 is 0 Å². The maximum atomic E-state index is 4.98. The Hall–Kier alpha value is -6.25. The number of hydrogen-bond acceptors (Lipinski definition) is 1. The molecule has 0 N–H and O–H groups in total. The molecule has 49 heavy (non-hydrogen) atoms. The smallest absolute Gasteiger partial charge is 0.140 e. The lowest BCUT2D eigenvalue weighted by atomic mass is 9.70. The largest absolute Gasteiger partial charge is 0.327 e. The number of rotatable bonds is 2. The van der Waals surface area contributed by atoms with Gasteiger partial charge in [0, 0.05) is 12.6 Å². The van der Waals surface area contributed by atoms with Gasteiger partial charge in [-0.15, -0.1) is 0 Å². The molecule has 1 heterocycles. The molecule has 0 amide bonds. The van der Waals surface area contributed by atoms with E-state index in [-0.39, 0.29) is 0 Å². The molecule has 228 valence electrons. The first-order chi connectivity index (χ1) is 24.2. The lowest BCUT2D eigenvalue weighted by Gasteiger charge is -2.31. The minimum atomic E-state index is -0.423. The van der Waals surface area contributed by atoms with Gasteiger partial charge < -0.3 is 4.57 Å². The Balaban J connectivity index is 1.23. The number of fused-ring (bicyclic) bond motifs is 15. The molecule has 2 nitrogen and oxygen atoms in total. The number of aryl methyl sites for hydroxylation is 1. The third-order valence-electron chi connectivity index (χ3n) is 11.2. The van der Waals surface area contributed by atoms with Crippen molar-refractivity contribution in [2.45, 2.75) is 5.41 Å². The second-order valence-electron chi connectivity index (χ2n) is 13.5. The normalized spacial score (nSPS) is 13.6. The van der Waals surface area contributed by atoms with Crippen LogP contribution >= 0.6 is 0 Å². The molecule has 0 bridgehead atoms. The first-order valence-corrected chi connectivity index (χ1v) is 17.0. The summed E-state index contributed by atoms with van der Waals surface area (Å²) in [4.78, 5) is 4.98. The van der Waals surface area contributed by atoms with Crippen LogP contribution in [-0.4, -0.2) is 9.55 Å². The number of aromatic nitrogens is 2. The number of para-hydroxylation sites is 2. The SMILES string of the molecule is Cn1c(-c2ccc(-c3cc4c(c5ccccc35)-c3c(ccc5ccccc35)C43c4ccccc4-c4ccccc43)cc2)nc2ccccc21. The highest BCUT2D eigenvalue weighted by atomic mass is 15.1. The highest BCUT2D eigenvalue weighted by Gasteiger charge is 2.52. The monoisotopic (exact) mass is 622 g/mol. The minimum absolute atomic E-state index is 0.423. The molecule has 8 aromatic carbocycles. The Labute approximate surface area is 284 Å². The summed E-state index contributed by atoms with van der Waals surface area (Å²) in [6.07, 6.45) is 0. The fraction of sp³-hybridized carbons (Fsp3) is 0.0426. The Kier molecular flexibility index (Phi) is 5.28. The summed E-state index contributed by atoms with van der Waals surface area (Å²) in [5.74, 6) is 0.979. The molecule has 0 saturated carbocycles. The summed E-state index contributed by atoms with van der Waals surface area (Å²) in [7, 11) is 2.10. The topological polar surface area (TPSA) is 17.8 Å². The number of nitrogens with zero attached hydrogens (tertiary/aromatic N) is 2. The zero-order chi connectivity index (χ0) is 32.3. The molecule has 1 aromatic heterocycles. The lowest BCUT2D eigenvalue weighted by Crippen LogP contribution is -2.26. The van der Waals surface area contributed by atoms with E-state index in [9.17, 15) is 0 Å². The molecular formula is C47H30N2. The molecule has 2 heteroatoms. The molecule has 9 aromatic rings. The third kappa shape index (κ3) is 3.38. The predicted molar refractivity (Wildman–Crippen MR) is 203 cm³/mol. The summed E-state index contributed by atoms with van der Waals surface area (Å²) in [6, 6.07) is 60.7. The van der Waals surface area contributed by atoms with E-state index in [4.69, 9.17) is 4.98 Å². The molecule has 2 aliphatic carbocycles. The summed E-state index contributed by atoms with van der Waals surface area (Å²) >= 11 is 0. The van der Waals surface area contributed by atoms with Crippen molar-refractivity contribution >= 4 is 32.6 Å². The van der Waals surface area contributed by atoms with E-state index in [1.165, 1.54) is 77.2 Å². The van der Waals surface area contributed by atoms with Crippen molar-refractivity contribution in [2.24, 2.45) is 7.05 Å². The molecular weight excluding hydrogens is 593 g/mol. The van der Waals surface area contributed by atoms with Gasteiger partial charge in [0.05, 0.1) is 16.4 Å². The maximum Gasteiger partial charge on any atom is 0.140 e. The van der Waals surface area contributed by atoms with Crippen LogP contribution in [0.3, 0.4) is 0 Å². The molecule has 0 fully saturated rings. The van der Waals surface area contributed by atoms with Crippen molar-refractivity contribution in [3.8, 4) is 44.8 Å². The van der Waals surface area contributed by atoms with Crippen molar-refractivity contribution in [1.82, 2.24) is 9.55 Å². The molecule has 2 aliphatic rings. The molecule has 0 unspecified atom stereocenters. The van der Waals surface area contributed by atoms with Crippen LogP contribution in [0.15, 0.2) is 164 Å². The molecule has 1 spiro atoms. The van der Waals surface area contributed by atoms with E-state index < -0.39 is 5.41 Å². The van der Waals surface area contributed by atoms with Crippen molar-refractivity contribution in [3.63, 3.8) is 0 Å². The molecule has 0 aliphatic heterocycles.